The normalized spacial score (nSPS) is 15.5. The summed E-state index contributed by atoms with van der Waals surface area (Å²) in [5.74, 6) is 0. The van der Waals surface area contributed by atoms with Crippen molar-refractivity contribution >= 4 is 31.9 Å². The van der Waals surface area contributed by atoms with Crippen molar-refractivity contribution in [2.24, 2.45) is 11.5 Å². The van der Waals surface area contributed by atoms with Gasteiger partial charge < -0.3 is 11.5 Å². The van der Waals surface area contributed by atoms with Crippen LogP contribution in [0.2, 0.25) is 0 Å². The van der Waals surface area contributed by atoms with Gasteiger partial charge in [-0.25, -0.2) is 0 Å². The number of rotatable bonds is 5. The predicted molar refractivity (Wildman–Crippen MR) is 96.1 cm³/mol. The highest BCUT2D eigenvalue weighted by atomic mass is 79.9. The molecule has 0 saturated carbocycles. The lowest BCUT2D eigenvalue weighted by molar-refractivity contribution is 0.368. The average Bonchev–Trinajstić information content (AvgIpc) is 2.44. The second-order valence-electron chi connectivity index (χ2n) is 5.57. The van der Waals surface area contributed by atoms with Crippen LogP contribution in [0.4, 0.5) is 0 Å². The van der Waals surface area contributed by atoms with Crippen LogP contribution in [0.3, 0.4) is 0 Å². The molecule has 0 aliphatic heterocycles. The van der Waals surface area contributed by atoms with Crippen molar-refractivity contribution < 1.29 is 0 Å². The summed E-state index contributed by atoms with van der Waals surface area (Å²) in [5, 5.41) is 0. The summed E-state index contributed by atoms with van der Waals surface area (Å²) >= 11 is 6.98. The highest BCUT2D eigenvalue weighted by molar-refractivity contribution is 9.10. The summed E-state index contributed by atoms with van der Waals surface area (Å²) in [6, 6.07) is 16.3. The van der Waals surface area contributed by atoms with Gasteiger partial charge in [-0.15, -0.1) is 0 Å². The molecule has 2 rings (SSSR count). The minimum atomic E-state index is -0.546. The van der Waals surface area contributed by atoms with E-state index in [0.29, 0.717) is 0 Å². The molecule has 2 unspecified atom stereocenters. The maximum Gasteiger partial charge on any atom is 0.0534 e. The molecule has 21 heavy (non-hydrogen) atoms. The molecule has 0 spiro atoms. The summed E-state index contributed by atoms with van der Waals surface area (Å²) in [5.41, 5.74) is 14.6. The molecule has 0 fully saturated rings. The zero-order valence-corrected chi connectivity index (χ0v) is 15.2. The first-order valence-corrected chi connectivity index (χ1v) is 8.53. The Morgan fingerprint density at radius 1 is 1.05 bits per heavy atom. The van der Waals surface area contributed by atoms with Crippen molar-refractivity contribution in [3.05, 3.63) is 68.6 Å². The smallest absolute Gasteiger partial charge is 0.0534 e. The highest BCUT2D eigenvalue weighted by Gasteiger charge is 2.29. The Balaban J connectivity index is 2.06. The first-order valence-electron chi connectivity index (χ1n) is 6.94. The van der Waals surface area contributed by atoms with Crippen molar-refractivity contribution in [1.29, 1.82) is 0 Å². The molecule has 0 aliphatic carbocycles. The van der Waals surface area contributed by atoms with Gasteiger partial charge in [-0.05, 0) is 55.2 Å². The van der Waals surface area contributed by atoms with Crippen LogP contribution in [0.5, 0.6) is 0 Å². The molecule has 0 aromatic heterocycles. The summed E-state index contributed by atoms with van der Waals surface area (Å²) in [7, 11) is 0. The van der Waals surface area contributed by atoms with E-state index in [0.717, 1.165) is 27.4 Å². The topological polar surface area (TPSA) is 52.0 Å². The fourth-order valence-electron chi connectivity index (χ4n) is 2.35. The highest BCUT2D eigenvalue weighted by Crippen LogP contribution is 2.26. The van der Waals surface area contributed by atoms with E-state index in [9.17, 15) is 0 Å². The molecule has 0 radical (unpaired) electrons. The van der Waals surface area contributed by atoms with Crippen molar-refractivity contribution in [1.82, 2.24) is 0 Å². The van der Waals surface area contributed by atoms with E-state index in [-0.39, 0.29) is 6.04 Å². The molecule has 0 aliphatic rings. The molecule has 2 nitrogen and oxygen atoms in total. The van der Waals surface area contributed by atoms with Crippen LogP contribution >= 0.6 is 31.9 Å². The van der Waals surface area contributed by atoms with Gasteiger partial charge in [0.1, 0.15) is 0 Å². The number of hydrogen-bond acceptors (Lipinski definition) is 2. The maximum absolute atomic E-state index is 6.49. The van der Waals surface area contributed by atoms with Gasteiger partial charge in [-0.3, -0.25) is 0 Å². The zero-order valence-electron chi connectivity index (χ0n) is 12.0. The van der Waals surface area contributed by atoms with Crippen LogP contribution in [0.1, 0.15) is 24.5 Å². The van der Waals surface area contributed by atoms with Gasteiger partial charge in [-0.2, -0.15) is 0 Å². The number of halogens is 2. The Bertz CT molecular complexity index is 611. The molecule has 4 N–H and O–H groups in total. The second kappa shape index (κ2) is 7.05. The van der Waals surface area contributed by atoms with Gasteiger partial charge in [0.25, 0.3) is 0 Å². The largest absolute Gasteiger partial charge is 0.326 e. The van der Waals surface area contributed by atoms with Crippen LogP contribution in [0.15, 0.2) is 57.5 Å². The molecule has 2 atom stereocenters. The van der Waals surface area contributed by atoms with Gasteiger partial charge in [-0.1, -0.05) is 56.1 Å². The van der Waals surface area contributed by atoms with E-state index in [1.165, 1.54) is 5.56 Å². The van der Waals surface area contributed by atoms with Crippen molar-refractivity contribution in [2.75, 3.05) is 0 Å². The van der Waals surface area contributed by atoms with E-state index in [1.807, 2.05) is 43.3 Å². The number of hydrogen-bond donors (Lipinski definition) is 2. The maximum atomic E-state index is 6.49. The third-order valence-electron chi connectivity index (χ3n) is 3.85. The standard InChI is InChI=1S/C17H20Br2N2/c1-17(21,13-5-3-7-15(19)11-13)16(20)9-8-12-4-2-6-14(18)10-12/h2-7,10-11,16H,8-9,20-21H2,1H3. The molecular weight excluding hydrogens is 392 g/mol. The molecule has 2 aromatic rings. The van der Waals surface area contributed by atoms with E-state index in [4.69, 9.17) is 11.5 Å². The third kappa shape index (κ3) is 4.39. The second-order valence-corrected chi connectivity index (χ2v) is 7.40. The summed E-state index contributed by atoms with van der Waals surface area (Å²) < 4.78 is 2.12. The third-order valence-corrected chi connectivity index (χ3v) is 4.84. The van der Waals surface area contributed by atoms with Crippen molar-refractivity contribution in [3.8, 4) is 0 Å². The quantitative estimate of drug-likeness (QED) is 0.768. The first kappa shape index (κ1) is 16.7. The lowest BCUT2D eigenvalue weighted by Gasteiger charge is -2.32. The monoisotopic (exact) mass is 410 g/mol. The number of benzene rings is 2. The summed E-state index contributed by atoms with van der Waals surface area (Å²) in [4.78, 5) is 0. The Kier molecular flexibility index (Phi) is 5.60. The fraction of sp³-hybridized carbons (Fsp3) is 0.294. The SMILES string of the molecule is CC(N)(c1cccc(Br)c1)C(N)CCc1cccc(Br)c1. The molecule has 0 heterocycles. The van der Waals surface area contributed by atoms with Gasteiger partial charge in [0.2, 0.25) is 0 Å². The van der Waals surface area contributed by atoms with Crippen LogP contribution in [-0.4, -0.2) is 6.04 Å². The fourth-order valence-corrected chi connectivity index (χ4v) is 3.20. The van der Waals surface area contributed by atoms with Gasteiger partial charge in [0, 0.05) is 15.0 Å². The van der Waals surface area contributed by atoms with E-state index in [1.54, 1.807) is 0 Å². The molecule has 0 bridgehead atoms. The molecule has 2 aromatic carbocycles. The van der Waals surface area contributed by atoms with Gasteiger partial charge in [0.15, 0.2) is 0 Å². The summed E-state index contributed by atoms with van der Waals surface area (Å²) in [6.07, 6.45) is 1.76. The Morgan fingerprint density at radius 2 is 1.67 bits per heavy atom. The van der Waals surface area contributed by atoms with E-state index >= 15 is 0 Å². The molecular formula is C17H20Br2N2. The van der Waals surface area contributed by atoms with Crippen LogP contribution in [0, 0.1) is 0 Å². The van der Waals surface area contributed by atoms with E-state index < -0.39 is 5.54 Å². The molecule has 0 amide bonds. The molecule has 4 heteroatoms. The minimum Gasteiger partial charge on any atom is -0.326 e. The Morgan fingerprint density at radius 3 is 2.29 bits per heavy atom. The molecule has 112 valence electrons. The lowest BCUT2D eigenvalue weighted by Crippen LogP contribution is -2.50. The lowest BCUT2D eigenvalue weighted by atomic mass is 9.83. The Labute approximate surface area is 143 Å². The van der Waals surface area contributed by atoms with Gasteiger partial charge >= 0.3 is 0 Å². The van der Waals surface area contributed by atoms with E-state index in [2.05, 4.69) is 44.0 Å². The van der Waals surface area contributed by atoms with Crippen molar-refractivity contribution in [3.63, 3.8) is 0 Å². The number of aryl methyl sites for hydroxylation is 1. The summed E-state index contributed by atoms with van der Waals surface area (Å²) in [6.45, 7) is 2.00. The minimum absolute atomic E-state index is 0.106. The first-order chi connectivity index (χ1) is 9.89. The van der Waals surface area contributed by atoms with Crippen LogP contribution in [0.25, 0.3) is 0 Å². The van der Waals surface area contributed by atoms with Crippen molar-refractivity contribution in [2.45, 2.75) is 31.3 Å². The van der Waals surface area contributed by atoms with Crippen LogP contribution in [-0.2, 0) is 12.0 Å². The zero-order chi connectivity index (χ0) is 15.5. The average molecular weight is 412 g/mol. The number of nitrogens with two attached hydrogens (primary N) is 2. The molecule has 0 saturated heterocycles. The van der Waals surface area contributed by atoms with Gasteiger partial charge in [0.05, 0.1) is 5.54 Å². The Hall–Kier alpha value is -0.680. The predicted octanol–water partition coefficient (Wildman–Crippen LogP) is 4.35. The van der Waals surface area contributed by atoms with Crippen LogP contribution < -0.4 is 11.5 Å².